The second kappa shape index (κ2) is 10.8. The molecule has 0 aromatic heterocycles. The molecular weight excluding hydrogens is 490 g/mol. The van der Waals surface area contributed by atoms with Crippen LogP contribution in [0.5, 0.6) is 5.75 Å². The summed E-state index contributed by atoms with van der Waals surface area (Å²) in [5.41, 5.74) is 3.18. The fourth-order valence-corrected chi connectivity index (χ4v) is 5.05. The molecule has 3 aromatic rings. The zero-order valence-corrected chi connectivity index (χ0v) is 20.6. The first kappa shape index (κ1) is 25.2. The van der Waals surface area contributed by atoms with Crippen molar-refractivity contribution in [3.63, 3.8) is 0 Å². The van der Waals surface area contributed by atoms with Crippen molar-refractivity contribution in [2.45, 2.75) is 31.5 Å². The Morgan fingerprint density at radius 3 is 2.46 bits per heavy atom. The van der Waals surface area contributed by atoms with Crippen LogP contribution in [0.2, 0.25) is 10.0 Å². The number of carboxylic acid groups (broad SMARTS) is 1. The Balaban J connectivity index is 1.82. The first-order valence-corrected chi connectivity index (χ1v) is 11.9. The number of carbonyl (C=O) groups is 1. The molecule has 1 aliphatic heterocycles. The van der Waals surface area contributed by atoms with Gasteiger partial charge in [0.25, 0.3) is 0 Å². The van der Waals surface area contributed by atoms with Gasteiger partial charge in [0, 0.05) is 27.4 Å². The van der Waals surface area contributed by atoms with Crippen LogP contribution < -0.4 is 4.74 Å². The summed E-state index contributed by atoms with van der Waals surface area (Å²) in [7, 11) is 0. The van der Waals surface area contributed by atoms with Crippen LogP contribution >= 0.6 is 23.2 Å². The highest BCUT2D eigenvalue weighted by molar-refractivity contribution is 6.31. The van der Waals surface area contributed by atoms with Crippen molar-refractivity contribution >= 4 is 29.2 Å². The maximum Gasteiger partial charge on any atom is 0.341 e. The Kier molecular flexibility index (Phi) is 7.80. The number of rotatable bonds is 7. The van der Waals surface area contributed by atoms with E-state index in [9.17, 15) is 9.18 Å². The number of halogens is 3. The Hall–Kier alpha value is -2.86. The lowest BCUT2D eigenvalue weighted by Crippen LogP contribution is -2.32. The van der Waals surface area contributed by atoms with Crippen LogP contribution in [0.3, 0.4) is 0 Å². The predicted molar refractivity (Wildman–Crippen MR) is 135 cm³/mol. The molecule has 0 saturated carbocycles. The maximum atomic E-state index is 14.3. The van der Waals surface area contributed by atoms with E-state index in [1.165, 1.54) is 12.1 Å². The molecule has 1 saturated heterocycles. The summed E-state index contributed by atoms with van der Waals surface area (Å²) >= 11 is 12.6. The largest absolute Gasteiger partial charge is 0.482 e. The third-order valence-electron chi connectivity index (χ3n) is 6.25. The molecule has 1 fully saturated rings. The molecule has 4 rings (SSSR count). The van der Waals surface area contributed by atoms with Crippen LogP contribution in [0.15, 0.2) is 78.9 Å². The van der Waals surface area contributed by atoms with Gasteiger partial charge in [0.2, 0.25) is 0 Å². The van der Waals surface area contributed by atoms with Gasteiger partial charge in [0.1, 0.15) is 11.6 Å². The van der Waals surface area contributed by atoms with Crippen LogP contribution in [0, 0.1) is 11.7 Å². The standard InChI is InChI=1S/C28H25Cl2FO4/c1-16(2)22-14-23(17-5-3-7-19(29)11-17)27(18-6-4-8-21(31)12-18)35-28(22)24-13-20(30)9-10-25(24)34-15-26(32)33/h3-13,22-23,27-28H,1,14-15H2,2H3,(H,32,33)/t22-,23-,27+,28+/m1/s1. The average molecular weight is 515 g/mol. The minimum absolute atomic E-state index is 0.129. The van der Waals surface area contributed by atoms with Gasteiger partial charge in [-0.15, -0.1) is 0 Å². The number of hydrogen-bond acceptors (Lipinski definition) is 3. The van der Waals surface area contributed by atoms with E-state index in [2.05, 4.69) is 6.58 Å². The smallest absolute Gasteiger partial charge is 0.341 e. The molecule has 0 radical (unpaired) electrons. The first-order chi connectivity index (χ1) is 16.7. The monoisotopic (exact) mass is 514 g/mol. The zero-order valence-electron chi connectivity index (χ0n) is 19.1. The van der Waals surface area contributed by atoms with Crippen LogP contribution in [0.25, 0.3) is 0 Å². The molecule has 7 heteroatoms. The van der Waals surface area contributed by atoms with Crippen molar-refractivity contribution in [1.29, 1.82) is 0 Å². The van der Waals surface area contributed by atoms with Crippen molar-refractivity contribution in [1.82, 2.24) is 0 Å². The van der Waals surface area contributed by atoms with E-state index < -0.39 is 24.8 Å². The molecule has 0 unspecified atom stereocenters. The summed E-state index contributed by atoms with van der Waals surface area (Å²) in [4.78, 5) is 11.2. The summed E-state index contributed by atoms with van der Waals surface area (Å²) in [6.07, 6.45) is -0.401. The van der Waals surface area contributed by atoms with E-state index in [0.29, 0.717) is 33.3 Å². The SMILES string of the molecule is C=C(C)[C@H]1C[C@H](c2cccc(Cl)c2)[C@H](c2cccc(F)c2)O[C@@H]1c1cc(Cl)ccc1OCC(=O)O. The average Bonchev–Trinajstić information content (AvgIpc) is 2.82. The number of ether oxygens (including phenoxy) is 2. The Morgan fingerprint density at radius 1 is 1.06 bits per heavy atom. The van der Waals surface area contributed by atoms with Gasteiger partial charge in [-0.25, -0.2) is 9.18 Å². The number of benzene rings is 3. The maximum absolute atomic E-state index is 14.3. The molecule has 4 nitrogen and oxygen atoms in total. The Bertz CT molecular complexity index is 1250. The molecule has 35 heavy (non-hydrogen) atoms. The molecule has 1 heterocycles. The molecule has 182 valence electrons. The normalized spacial score (nSPS) is 21.9. The highest BCUT2D eigenvalue weighted by Crippen LogP contribution is 2.53. The number of hydrogen-bond donors (Lipinski definition) is 1. The molecule has 0 bridgehead atoms. The number of carboxylic acids is 1. The third kappa shape index (κ3) is 5.87. The number of aliphatic carboxylic acids is 1. The van der Waals surface area contributed by atoms with E-state index in [1.807, 2.05) is 37.3 Å². The third-order valence-corrected chi connectivity index (χ3v) is 6.72. The minimum Gasteiger partial charge on any atom is -0.482 e. The highest BCUT2D eigenvalue weighted by atomic mass is 35.5. The Morgan fingerprint density at radius 2 is 1.77 bits per heavy atom. The van der Waals surface area contributed by atoms with Crippen molar-refractivity contribution in [3.8, 4) is 5.75 Å². The van der Waals surface area contributed by atoms with E-state index in [1.54, 1.807) is 24.3 Å². The summed E-state index contributed by atoms with van der Waals surface area (Å²) < 4.78 is 26.6. The van der Waals surface area contributed by atoms with E-state index in [0.717, 1.165) is 11.1 Å². The van der Waals surface area contributed by atoms with Gasteiger partial charge in [-0.2, -0.15) is 0 Å². The Labute approximate surface area is 213 Å². The van der Waals surface area contributed by atoms with Gasteiger partial charge < -0.3 is 14.6 Å². The van der Waals surface area contributed by atoms with Gasteiger partial charge in [-0.1, -0.05) is 59.6 Å². The van der Waals surface area contributed by atoms with Crippen molar-refractivity contribution in [2.24, 2.45) is 5.92 Å². The predicted octanol–water partition coefficient (Wildman–Crippen LogP) is 7.77. The quantitative estimate of drug-likeness (QED) is 0.327. The fourth-order valence-electron chi connectivity index (χ4n) is 4.67. The molecule has 4 atom stereocenters. The van der Waals surface area contributed by atoms with E-state index in [-0.39, 0.29) is 17.7 Å². The zero-order chi connectivity index (χ0) is 25.1. The summed E-state index contributed by atoms with van der Waals surface area (Å²) in [5.74, 6) is -1.36. The van der Waals surface area contributed by atoms with E-state index in [4.69, 9.17) is 37.8 Å². The van der Waals surface area contributed by atoms with Gasteiger partial charge in [0.05, 0.1) is 12.2 Å². The van der Waals surface area contributed by atoms with Gasteiger partial charge in [0.15, 0.2) is 6.61 Å². The fraction of sp³-hybridized carbons (Fsp3) is 0.250. The molecule has 1 N–H and O–H groups in total. The van der Waals surface area contributed by atoms with Crippen molar-refractivity contribution < 1.29 is 23.8 Å². The van der Waals surface area contributed by atoms with Gasteiger partial charge in [-0.05, 0) is 66.9 Å². The molecule has 0 amide bonds. The second-order valence-corrected chi connectivity index (χ2v) is 9.62. The lowest BCUT2D eigenvalue weighted by atomic mass is 9.74. The van der Waals surface area contributed by atoms with Gasteiger partial charge >= 0.3 is 5.97 Å². The molecular formula is C28H25Cl2FO4. The van der Waals surface area contributed by atoms with Crippen molar-refractivity contribution in [2.75, 3.05) is 6.61 Å². The van der Waals surface area contributed by atoms with Crippen LogP contribution in [0.4, 0.5) is 4.39 Å². The molecule has 0 aliphatic carbocycles. The molecule has 1 aliphatic rings. The van der Waals surface area contributed by atoms with Gasteiger partial charge in [-0.3, -0.25) is 0 Å². The van der Waals surface area contributed by atoms with Crippen LogP contribution in [-0.2, 0) is 9.53 Å². The summed E-state index contributed by atoms with van der Waals surface area (Å²) in [5, 5.41) is 10.2. The first-order valence-electron chi connectivity index (χ1n) is 11.2. The highest BCUT2D eigenvalue weighted by Gasteiger charge is 2.41. The lowest BCUT2D eigenvalue weighted by molar-refractivity contribution is -0.139. The van der Waals surface area contributed by atoms with Crippen LogP contribution in [-0.4, -0.2) is 17.7 Å². The summed E-state index contributed by atoms with van der Waals surface area (Å²) in [6.45, 7) is 5.63. The minimum atomic E-state index is -1.09. The molecule has 3 aromatic carbocycles. The van der Waals surface area contributed by atoms with Crippen molar-refractivity contribution in [3.05, 3.63) is 111 Å². The van der Waals surface area contributed by atoms with Crippen LogP contribution in [0.1, 0.15) is 48.2 Å². The summed E-state index contributed by atoms with van der Waals surface area (Å²) in [6, 6.07) is 18.9. The lowest BCUT2D eigenvalue weighted by Gasteiger charge is -2.43. The topological polar surface area (TPSA) is 55.8 Å². The van der Waals surface area contributed by atoms with E-state index >= 15 is 0 Å². The second-order valence-electron chi connectivity index (χ2n) is 8.75. The molecule has 0 spiro atoms.